The highest BCUT2D eigenvalue weighted by molar-refractivity contribution is 5.97. The Morgan fingerprint density at radius 3 is 2.21 bits per heavy atom. The maximum atomic E-state index is 13.4. The van der Waals surface area contributed by atoms with Crippen molar-refractivity contribution in [3.05, 3.63) is 52.8 Å². The van der Waals surface area contributed by atoms with E-state index in [0.29, 0.717) is 5.69 Å². The summed E-state index contributed by atoms with van der Waals surface area (Å²) in [6, 6.07) is 6.46. The Morgan fingerprint density at radius 2 is 1.66 bits per heavy atom. The number of aliphatic hydroxyl groups is 1. The van der Waals surface area contributed by atoms with E-state index < -0.39 is 41.5 Å². The molecule has 6 nitrogen and oxygen atoms in total. The molecule has 0 aliphatic carbocycles. The lowest BCUT2D eigenvalue weighted by molar-refractivity contribution is -0.244. The molecule has 0 bridgehead atoms. The Hall–Kier alpha value is -2.81. The van der Waals surface area contributed by atoms with Gasteiger partial charge in [-0.3, -0.25) is 9.59 Å². The van der Waals surface area contributed by atoms with Gasteiger partial charge in [0.2, 0.25) is 0 Å². The Kier molecular flexibility index (Phi) is 4.98. The fourth-order valence-corrected chi connectivity index (χ4v) is 3.53. The molecule has 2 heterocycles. The van der Waals surface area contributed by atoms with Crippen LogP contribution < -0.4 is 0 Å². The van der Waals surface area contributed by atoms with Crippen LogP contribution >= 0.6 is 0 Å². The molecule has 3 rings (SSSR count). The molecule has 0 saturated carbocycles. The zero-order chi connectivity index (χ0) is 21.7. The van der Waals surface area contributed by atoms with Gasteiger partial charge >= 0.3 is 18.1 Å². The summed E-state index contributed by atoms with van der Waals surface area (Å²) in [5, 5.41) is 10.7. The number of carbonyl (C=O) groups is 2. The van der Waals surface area contributed by atoms with Gasteiger partial charge in [-0.15, -0.1) is 0 Å². The van der Waals surface area contributed by atoms with Gasteiger partial charge in [-0.2, -0.15) is 13.2 Å². The highest BCUT2D eigenvalue weighted by atomic mass is 19.4. The average molecular weight is 411 g/mol. The first-order valence-corrected chi connectivity index (χ1v) is 8.82. The number of hydrogen-bond acceptors (Lipinski definition) is 5. The third-order valence-electron chi connectivity index (χ3n) is 4.76. The first-order valence-electron chi connectivity index (χ1n) is 8.82. The molecule has 1 N–H and O–H groups in total. The number of carbonyl (C=O) groups excluding carboxylic acids is 2. The van der Waals surface area contributed by atoms with Crippen LogP contribution in [-0.2, 0) is 25.2 Å². The maximum absolute atomic E-state index is 13.4. The van der Waals surface area contributed by atoms with Crippen LogP contribution in [0.3, 0.4) is 0 Å². The Morgan fingerprint density at radius 1 is 1.10 bits per heavy atom. The second-order valence-corrected chi connectivity index (χ2v) is 7.34. The largest absolute Gasteiger partial charge is 0.422 e. The fraction of sp³-hybridized carbons (Fsp3) is 0.400. The van der Waals surface area contributed by atoms with Crippen molar-refractivity contribution in [1.82, 2.24) is 4.57 Å². The Bertz CT molecular complexity index is 957. The number of cyclic esters (lactones) is 2. The van der Waals surface area contributed by atoms with Crippen LogP contribution in [0, 0.1) is 19.8 Å². The lowest BCUT2D eigenvalue weighted by Gasteiger charge is -2.34. The summed E-state index contributed by atoms with van der Waals surface area (Å²) in [7, 11) is 0. The van der Waals surface area contributed by atoms with Gasteiger partial charge in [0.05, 0.1) is 11.3 Å². The number of nitrogens with zero attached hydrogens (tertiary/aromatic N) is 1. The number of ether oxygens (including phenoxy) is 2. The lowest BCUT2D eigenvalue weighted by Crippen LogP contribution is -2.48. The minimum Gasteiger partial charge on any atom is -0.422 e. The van der Waals surface area contributed by atoms with Crippen molar-refractivity contribution in [2.45, 2.75) is 45.8 Å². The van der Waals surface area contributed by atoms with E-state index in [0.717, 1.165) is 6.07 Å². The number of hydrogen-bond donors (Lipinski definition) is 1. The summed E-state index contributed by atoms with van der Waals surface area (Å²) < 4.78 is 51.7. The van der Waals surface area contributed by atoms with E-state index in [-0.39, 0.29) is 16.9 Å². The minimum absolute atomic E-state index is 0.122. The number of benzene rings is 1. The number of aryl methyl sites for hydroxylation is 1. The standard InChI is InChI=1S/C20H20F3NO5/c1-10-9-12(16(25)15-17(26)28-19(3,4)29-18(15)27)11(2)24(10)14-8-6-5-7-13(14)20(21,22)23/h5-9,15-16,25H,1-4H3/t16-/m1/s1. The van der Waals surface area contributed by atoms with E-state index in [4.69, 9.17) is 9.47 Å². The molecule has 1 fully saturated rings. The third kappa shape index (κ3) is 3.74. The van der Waals surface area contributed by atoms with Crippen LogP contribution in [0.4, 0.5) is 13.2 Å². The summed E-state index contributed by atoms with van der Waals surface area (Å²) in [6.07, 6.45) is -6.22. The highest BCUT2D eigenvalue weighted by Crippen LogP contribution is 2.38. The normalized spacial score (nSPS) is 18.3. The van der Waals surface area contributed by atoms with E-state index in [1.165, 1.54) is 49.6 Å². The topological polar surface area (TPSA) is 77.8 Å². The molecule has 0 spiro atoms. The fourth-order valence-electron chi connectivity index (χ4n) is 3.53. The summed E-state index contributed by atoms with van der Waals surface area (Å²) in [4.78, 5) is 24.5. The van der Waals surface area contributed by atoms with E-state index in [1.807, 2.05) is 0 Å². The third-order valence-corrected chi connectivity index (χ3v) is 4.76. The first-order chi connectivity index (χ1) is 13.3. The molecular formula is C20H20F3NO5. The van der Waals surface area contributed by atoms with E-state index >= 15 is 0 Å². The number of aromatic nitrogens is 1. The SMILES string of the molecule is Cc1cc([C@@H](O)C2C(=O)OC(C)(C)OC2=O)c(C)n1-c1ccccc1C(F)(F)F. The van der Waals surface area contributed by atoms with Crippen LogP contribution in [0.15, 0.2) is 30.3 Å². The van der Waals surface area contributed by atoms with Crippen LogP contribution in [0.2, 0.25) is 0 Å². The van der Waals surface area contributed by atoms with E-state index in [2.05, 4.69) is 0 Å². The summed E-state index contributed by atoms with van der Waals surface area (Å²) in [6.45, 7) is 5.83. The molecule has 156 valence electrons. The molecule has 1 atom stereocenters. The van der Waals surface area contributed by atoms with Crippen LogP contribution in [0.25, 0.3) is 5.69 Å². The molecule has 1 aromatic carbocycles. The smallest absolute Gasteiger partial charge is 0.418 e. The zero-order valence-corrected chi connectivity index (χ0v) is 16.2. The monoisotopic (exact) mass is 411 g/mol. The van der Waals surface area contributed by atoms with Gasteiger partial charge in [-0.1, -0.05) is 12.1 Å². The molecular weight excluding hydrogens is 391 g/mol. The maximum Gasteiger partial charge on any atom is 0.418 e. The highest BCUT2D eigenvalue weighted by Gasteiger charge is 2.48. The summed E-state index contributed by atoms with van der Waals surface area (Å²) in [5.41, 5.74) is -0.175. The number of aliphatic hydroxyl groups excluding tert-OH is 1. The molecule has 2 aromatic rings. The Labute approximate surface area is 164 Å². The second kappa shape index (κ2) is 6.91. The number of para-hydroxylation sites is 1. The quantitative estimate of drug-likeness (QED) is 0.617. The van der Waals surface area contributed by atoms with Gasteiger partial charge < -0.3 is 19.1 Å². The van der Waals surface area contributed by atoms with Crippen LogP contribution in [0.5, 0.6) is 0 Å². The van der Waals surface area contributed by atoms with Crippen molar-refractivity contribution in [2.75, 3.05) is 0 Å². The molecule has 1 aliphatic heterocycles. The number of esters is 2. The second-order valence-electron chi connectivity index (χ2n) is 7.34. The van der Waals surface area contributed by atoms with Crippen molar-refractivity contribution in [3.8, 4) is 5.69 Å². The molecule has 1 aromatic heterocycles. The number of rotatable bonds is 3. The summed E-state index contributed by atoms with van der Waals surface area (Å²) >= 11 is 0. The predicted molar refractivity (Wildman–Crippen MR) is 95.0 cm³/mol. The van der Waals surface area contributed by atoms with Crippen molar-refractivity contribution in [3.63, 3.8) is 0 Å². The van der Waals surface area contributed by atoms with E-state index in [1.54, 1.807) is 6.92 Å². The van der Waals surface area contributed by atoms with Gasteiger partial charge in [-0.25, -0.2) is 0 Å². The predicted octanol–water partition coefficient (Wildman–Crippen LogP) is 3.60. The molecule has 0 unspecified atom stereocenters. The number of alkyl halides is 3. The molecule has 9 heteroatoms. The molecule has 1 saturated heterocycles. The Balaban J connectivity index is 2.06. The number of halogens is 3. The zero-order valence-electron chi connectivity index (χ0n) is 16.2. The lowest BCUT2D eigenvalue weighted by atomic mass is 9.94. The summed E-state index contributed by atoms with van der Waals surface area (Å²) in [5.74, 6) is -5.00. The van der Waals surface area contributed by atoms with Crippen LogP contribution in [0.1, 0.15) is 42.5 Å². The van der Waals surface area contributed by atoms with Crippen LogP contribution in [-0.4, -0.2) is 27.4 Å². The van der Waals surface area contributed by atoms with Gasteiger partial charge in [-0.05, 0) is 32.0 Å². The van der Waals surface area contributed by atoms with Gasteiger partial charge in [0.15, 0.2) is 5.92 Å². The molecule has 0 amide bonds. The van der Waals surface area contributed by atoms with Gasteiger partial charge in [0.1, 0.15) is 6.10 Å². The van der Waals surface area contributed by atoms with Gasteiger partial charge in [0, 0.05) is 30.8 Å². The van der Waals surface area contributed by atoms with Gasteiger partial charge in [0.25, 0.3) is 5.79 Å². The van der Waals surface area contributed by atoms with Crippen molar-refractivity contribution in [1.29, 1.82) is 0 Å². The van der Waals surface area contributed by atoms with E-state index in [9.17, 15) is 27.9 Å². The molecule has 29 heavy (non-hydrogen) atoms. The van der Waals surface area contributed by atoms with Crippen molar-refractivity contribution >= 4 is 11.9 Å². The van der Waals surface area contributed by atoms with Crippen molar-refractivity contribution < 1.29 is 37.3 Å². The minimum atomic E-state index is -4.58. The first kappa shape index (κ1) is 20.9. The molecule has 1 aliphatic rings. The van der Waals surface area contributed by atoms with Crippen molar-refractivity contribution in [2.24, 2.45) is 5.92 Å². The molecule has 0 radical (unpaired) electrons. The average Bonchev–Trinajstić information content (AvgIpc) is 2.86.